The summed E-state index contributed by atoms with van der Waals surface area (Å²) in [6.07, 6.45) is 19.8. The number of halogens is 13. The van der Waals surface area contributed by atoms with Crippen molar-refractivity contribution in [1.82, 2.24) is 79.4 Å². The van der Waals surface area contributed by atoms with Gasteiger partial charge < -0.3 is 21.7 Å². The number of fused-ring (bicyclic) bond motifs is 4. The number of nitrogens with two attached hydrogens (primary N) is 1. The standard InChI is InChI=1S/3C18H24ClF2N5S.C11H20F2N2.C7H5Cl2N3S/c3*1-2-13-23-14-15(24-17(19)25-16(14)27-13)22-11-3-5-12(6-4-11)26-9-7-18(20,21)8-10-26;12-11(13)5-7-15(8-6-11)10-3-1-9(14)2-4-10;1-2-3-10-4-5(8)11-7(9)12-6(4)13-3/h3*11-12H,2-10H2,1H3,(H,22,24,25);9-10H,1-8,14H2;2H2,1H3. The van der Waals surface area contributed by atoms with Gasteiger partial charge >= 0.3 is 0 Å². The molecule has 4 aliphatic carbocycles. The molecule has 8 aliphatic rings. The van der Waals surface area contributed by atoms with Crippen molar-refractivity contribution in [3.8, 4) is 0 Å². The van der Waals surface area contributed by atoms with Crippen molar-refractivity contribution in [2.75, 3.05) is 68.3 Å². The quantitative estimate of drug-likeness (QED) is 0.0450. The molecule has 8 fully saturated rings. The number of alkyl halides is 8. The van der Waals surface area contributed by atoms with Crippen molar-refractivity contribution in [3.63, 3.8) is 0 Å². The fraction of sp³-hybridized carbons (Fsp3) is 0.722. The van der Waals surface area contributed by atoms with Gasteiger partial charge in [-0.05, 0) is 175 Å². The maximum atomic E-state index is 13.4. The van der Waals surface area contributed by atoms with Crippen LogP contribution >= 0.6 is 103 Å². The molecule has 4 aliphatic heterocycles. The van der Waals surface area contributed by atoms with Crippen LogP contribution in [0.25, 0.3) is 41.4 Å². The first-order chi connectivity index (χ1) is 52.1. The van der Waals surface area contributed by atoms with Gasteiger partial charge in [-0.3, -0.25) is 19.6 Å². The summed E-state index contributed by atoms with van der Waals surface area (Å²) in [7, 11) is 0. The van der Waals surface area contributed by atoms with Crippen LogP contribution in [0.3, 0.4) is 0 Å². The summed E-state index contributed by atoms with van der Waals surface area (Å²) in [6.45, 7) is 12.4. The molecule has 8 aromatic rings. The lowest BCUT2D eigenvalue weighted by atomic mass is 9.89. The second-order valence-corrected chi connectivity index (χ2v) is 35.8. The number of piperidine rings is 4. The van der Waals surface area contributed by atoms with Crippen molar-refractivity contribution < 1.29 is 35.1 Å². The van der Waals surface area contributed by atoms with Crippen molar-refractivity contribution in [2.45, 2.75) is 280 Å². The highest BCUT2D eigenvalue weighted by atomic mass is 35.5. The third-order valence-corrected chi connectivity index (χ3v) is 27.6. The smallest absolute Gasteiger partial charge is 0.250 e. The number of anilines is 3. The fourth-order valence-corrected chi connectivity index (χ4v) is 20.6. The summed E-state index contributed by atoms with van der Waals surface area (Å²) < 4.78 is 106. The third kappa shape index (κ3) is 23.2. The van der Waals surface area contributed by atoms with Crippen LogP contribution in [-0.4, -0.2) is 204 Å². The van der Waals surface area contributed by atoms with Crippen LogP contribution in [0.1, 0.15) is 202 Å². The van der Waals surface area contributed by atoms with E-state index in [4.69, 9.17) is 63.7 Å². The van der Waals surface area contributed by atoms with Gasteiger partial charge in [0.25, 0.3) is 23.7 Å². The second kappa shape index (κ2) is 37.7. The molecule has 4 saturated carbocycles. The Bertz CT molecular complexity index is 3920. The Morgan fingerprint density at radius 3 is 0.789 bits per heavy atom. The maximum absolute atomic E-state index is 13.4. The molecule has 600 valence electrons. The highest BCUT2D eigenvalue weighted by Crippen LogP contribution is 2.40. The number of thiazole rings is 4. The average molecular weight is 1700 g/mol. The summed E-state index contributed by atoms with van der Waals surface area (Å²) in [4.78, 5) is 64.2. The summed E-state index contributed by atoms with van der Waals surface area (Å²) in [6, 6.07) is 3.00. The van der Waals surface area contributed by atoms with Gasteiger partial charge in [-0.25, -0.2) is 80.0 Å². The molecule has 0 radical (unpaired) electrons. The molecule has 0 bridgehead atoms. The van der Waals surface area contributed by atoms with Gasteiger partial charge in [0.2, 0.25) is 21.1 Å². The average Bonchev–Trinajstić information content (AvgIpc) is 1.60. The van der Waals surface area contributed by atoms with E-state index in [2.05, 4.69) is 116 Å². The van der Waals surface area contributed by atoms with E-state index in [1.54, 1.807) is 34.0 Å². The van der Waals surface area contributed by atoms with Crippen molar-refractivity contribution in [2.24, 2.45) is 5.73 Å². The van der Waals surface area contributed by atoms with Crippen LogP contribution in [-0.2, 0) is 25.7 Å². The van der Waals surface area contributed by atoms with Gasteiger partial charge in [0.05, 0.1) is 20.0 Å². The van der Waals surface area contributed by atoms with Crippen molar-refractivity contribution >= 4 is 162 Å². The first-order valence-corrected chi connectivity index (χ1v) is 43.7. The minimum Gasteiger partial charge on any atom is -0.365 e. The van der Waals surface area contributed by atoms with E-state index in [1.165, 1.54) is 11.3 Å². The van der Waals surface area contributed by atoms with E-state index in [0.29, 0.717) is 129 Å². The van der Waals surface area contributed by atoms with Crippen molar-refractivity contribution in [1.29, 1.82) is 0 Å². The molecule has 37 heteroatoms. The topological polar surface area (TPSA) is 230 Å². The van der Waals surface area contributed by atoms with E-state index >= 15 is 0 Å². The second-order valence-electron chi connectivity index (χ2n) is 29.9. The molecule has 4 saturated heterocycles. The lowest BCUT2D eigenvalue weighted by Gasteiger charge is -2.40. The van der Waals surface area contributed by atoms with Crippen LogP contribution < -0.4 is 21.7 Å². The molecule has 8 aromatic heterocycles. The summed E-state index contributed by atoms with van der Waals surface area (Å²) in [5.41, 5.74) is 8.86. The number of likely N-dealkylation sites (tertiary alicyclic amines) is 4. The molecule has 12 heterocycles. The highest BCUT2D eigenvalue weighted by Gasteiger charge is 2.42. The Balaban J connectivity index is 0.000000130. The zero-order valence-corrected chi connectivity index (χ0v) is 68.9. The molecule has 16 rings (SSSR count). The Hall–Kier alpha value is -4.03. The van der Waals surface area contributed by atoms with Crippen LogP contribution in [0.5, 0.6) is 0 Å². The lowest BCUT2D eigenvalue weighted by molar-refractivity contribution is -0.0664. The Morgan fingerprint density at radius 2 is 0.541 bits per heavy atom. The number of hydrogen-bond donors (Lipinski definition) is 4. The summed E-state index contributed by atoms with van der Waals surface area (Å²) in [5, 5.41) is 15.8. The molecular formula is C72H97Cl5F8N20S4. The maximum Gasteiger partial charge on any atom is 0.250 e. The third-order valence-electron chi connectivity index (χ3n) is 22.3. The number of nitrogens with zero attached hydrogens (tertiary/aromatic N) is 16. The lowest BCUT2D eigenvalue weighted by Crippen LogP contribution is -2.47. The minimum atomic E-state index is -2.47. The molecule has 0 atom stereocenters. The Morgan fingerprint density at radius 1 is 0.321 bits per heavy atom. The molecule has 5 N–H and O–H groups in total. The number of nitrogens with one attached hydrogen (secondary N) is 3. The molecule has 0 spiro atoms. The SMILES string of the molecule is CCc1nc2c(Cl)nc(Cl)nc2s1.CCc1nc2c(NC3CCC(N4CCC(F)(F)CC4)CC3)nc(Cl)nc2s1.CCc1nc2c(NC3CCC(N4CCC(F)(F)CC4)CC3)nc(Cl)nc2s1.CCc1nc2c(NC3CCC(N4CCC(F)(F)CC4)CC3)nc(Cl)nc2s1.NC1CCC(N2CCC(F)(F)CC2)CC1. The van der Waals surface area contributed by atoms with Gasteiger partial charge in [-0.1, -0.05) is 84.6 Å². The normalized spacial score (nSPS) is 26.1. The molecule has 0 amide bonds. The number of hydrogen-bond acceptors (Lipinski definition) is 24. The van der Waals surface area contributed by atoms with E-state index < -0.39 is 23.7 Å². The van der Waals surface area contributed by atoms with E-state index in [1.807, 2.05) is 6.92 Å². The summed E-state index contributed by atoms with van der Waals surface area (Å²) in [5.74, 6) is -7.71. The van der Waals surface area contributed by atoms with Crippen LogP contribution in [0.2, 0.25) is 26.3 Å². The van der Waals surface area contributed by atoms with Gasteiger partial charge in [-0.2, -0.15) is 15.0 Å². The molecule has 20 nitrogen and oxygen atoms in total. The van der Waals surface area contributed by atoms with E-state index in [0.717, 1.165) is 184 Å². The van der Waals surface area contributed by atoms with Gasteiger partial charge in [0, 0.05) is 152 Å². The first-order valence-electron chi connectivity index (χ1n) is 38.6. The highest BCUT2D eigenvalue weighted by molar-refractivity contribution is 7.19. The minimum absolute atomic E-state index is 0.00776. The molecule has 0 unspecified atom stereocenters. The first kappa shape index (κ1) is 84.4. The van der Waals surface area contributed by atoms with Gasteiger partial charge in [0.1, 0.15) is 26.9 Å². The van der Waals surface area contributed by atoms with Crippen LogP contribution in [0.4, 0.5) is 52.6 Å². The molecule has 0 aromatic carbocycles. The van der Waals surface area contributed by atoms with Gasteiger partial charge in [-0.15, -0.1) is 0 Å². The number of rotatable bonds is 14. The largest absolute Gasteiger partial charge is 0.365 e. The monoisotopic (exact) mass is 1700 g/mol. The van der Waals surface area contributed by atoms with Gasteiger partial charge in [0.15, 0.2) is 37.1 Å². The zero-order valence-electron chi connectivity index (χ0n) is 61.9. The Labute approximate surface area is 671 Å². The Kier molecular flexibility index (Phi) is 29.2. The predicted molar refractivity (Wildman–Crippen MR) is 426 cm³/mol. The zero-order chi connectivity index (χ0) is 77.4. The molecular weight excluding hydrogens is 1600 g/mol. The fourth-order valence-electron chi connectivity index (χ4n) is 15.9. The van der Waals surface area contributed by atoms with Crippen molar-refractivity contribution in [3.05, 3.63) is 46.3 Å². The van der Waals surface area contributed by atoms with Crippen LogP contribution in [0.15, 0.2) is 0 Å². The predicted octanol–water partition coefficient (Wildman–Crippen LogP) is 19.2. The number of aromatic nitrogens is 12. The van der Waals surface area contributed by atoms with E-state index in [-0.39, 0.29) is 72.5 Å². The van der Waals surface area contributed by atoms with Crippen LogP contribution in [0, 0.1) is 0 Å². The summed E-state index contributed by atoms with van der Waals surface area (Å²) >= 11 is 35.9. The number of aryl methyl sites for hydroxylation is 4. The van der Waals surface area contributed by atoms with E-state index in [9.17, 15) is 35.1 Å². The molecule has 109 heavy (non-hydrogen) atoms.